The van der Waals surface area contributed by atoms with E-state index >= 15 is 0 Å². The van der Waals surface area contributed by atoms with Gasteiger partial charge in [-0.15, -0.1) is 0 Å². The van der Waals surface area contributed by atoms with E-state index in [9.17, 15) is 12.8 Å². The van der Waals surface area contributed by atoms with E-state index in [1.807, 2.05) is 6.92 Å². The Labute approximate surface area is 125 Å². The van der Waals surface area contributed by atoms with Gasteiger partial charge in [0.05, 0.1) is 0 Å². The molecule has 5 nitrogen and oxygen atoms in total. The zero-order valence-electron chi connectivity index (χ0n) is 12.2. The van der Waals surface area contributed by atoms with E-state index in [-0.39, 0.29) is 18.2 Å². The molecule has 0 radical (unpaired) electrons. The zero-order chi connectivity index (χ0) is 15.5. The van der Waals surface area contributed by atoms with E-state index in [4.69, 9.17) is 5.73 Å². The summed E-state index contributed by atoms with van der Waals surface area (Å²) < 4.78 is 40.4. The maximum atomic E-state index is 13.6. The molecule has 2 rings (SSSR count). The summed E-state index contributed by atoms with van der Waals surface area (Å²) in [6.07, 6.45) is 2.40. The molecule has 0 spiro atoms. The molecule has 0 aromatic heterocycles. The van der Waals surface area contributed by atoms with Crippen LogP contribution in [0.15, 0.2) is 23.1 Å². The zero-order valence-corrected chi connectivity index (χ0v) is 13.0. The summed E-state index contributed by atoms with van der Waals surface area (Å²) in [6.45, 7) is 5.26. The van der Waals surface area contributed by atoms with Crippen molar-refractivity contribution in [2.45, 2.75) is 24.7 Å². The highest BCUT2D eigenvalue weighted by atomic mass is 32.2. The van der Waals surface area contributed by atoms with E-state index in [0.717, 1.165) is 31.8 Å². The molecule has 1 atom stereocenters. The van der Waals surface area contributed by atoms with Gasteiger partial charge < -0.3 is 10.6 Å². The second-order valence-corrected chi connectivity index (χ2v) is 7.39. The van der Waals surface area contributed by atoms with Gasteiger partial charge >= 0.3 is 0 Å². The first-order chi connectivity index (χ1) is 9.88. The van der Waals surface area contributed by atoms with Crippen molar-refractivity contribution in [1.82, 2.24) is 9.62 Å². The number of nitrogen functional groups attached to an aromatic ring is 1. The highest BCUT2D eigenvalue weighted by Gasteiger charge is 2.21. The number of halogens is 1. The lowest BCUT2D eigenvalue weighted by molar-refractivity contribution is 0.288. The Bertz CT molecular complexity index is 586. The van der Waals surface area contributed by atoms with E-state index in [2.05, 4.69) is 9.62 Å². The normalized spacial score (nSPS) is 18.0. The summed E-state index contributed by atoms with van der Waals surface area (Å²) in [6, 6.07) is 3.55. The predicted octanol–water partition coefficient (Wildman–Crippen LogP) is 1.42. The predicted molar refractivity (Wildman–Crippen MR) is 80.8 cm³/mol. The summed E-state index contributed by atoms with van der Waals surface area (Å²) in [5, 5.41) is 0. The minimum Gasteiger partial charge on any atom is -0.399 e. The smallest absolute Gasteiger partial charge is 0.243 e. The van der Waals surface area contributed by atoms with Crippen LogP contribution in [-0.2, 0) is 10.0 Å². The molecular weight excluding hydrogens is 293 g/mol. The molecule has 1 aromatic rings. The number of nitrogens with one attached hydrogen (secondary N) is 1. The average Bonchev–Trinajstić information content (AvgIpc) is 2.92. The maximum absolute atomic E-state index is 13.6. The van der Waals surface area contributed by atoms with Crippen molar-refractivity contribution in [1.29, 1.82) is 0 Å². The Balaban J connectivity index is 1.95. The lowest BCUT2D eigenvalue weighted by Crippen LogP contribution is -2.34. The first kappa shape index (κ1) is 16.2. The van der Waals surface area contributed by atoms with Crippen molar-refractivity contribution >= 4 is 15.7 Å². The summed E-state index contributed by atoms with van der Waals surface area (Å²) >= 11 is 0. The van der Waals surface area contributed by atoms with Gasteiger partial charge in [0, 0.05) is 18.8 Å². The van der Waals surface area contributed by atoms with Crippen LogP contribution in [-0.4, -0.2) is 39.5 Å². The number of rotatable bonds is 6. The lowest BCUT2D eigenvalue weighted by Gasteiger charge is -2.20. The summed E-state index contributed by atoms with van der Waals surface area (Å²) in [4.78, 5) is 1.93. The SMILES string of the molecule is CC(CNS(=O)(=O)c1cc(N)ccc1F)CN1CCCC1. The first-order valence-electron chi connectivity index (χ1n) is 7.15. The van der Waals surface area contributed by atoms with E-state index in [1.165, 1.54) is 18.9 Å². The number of likely N-dealkylation sites (tertiary alicyclic amines) is 1. The molecule has 1 aromatic carbocycles. The van der Waals surface area contributed by atoms with Crippen LogP contribution in [0.5, 0.6) is 0 Å². The molecule has 0 amide bonds. The van der Waals surface area contributed by atoms with Gasteiger partial charge in [-0.1, -0.05) is 6.92 Å². The third kappa shape index (κ3) is 4.39. The standard InChI is InChI=1S/C14H22FN3O2S/c1-11(10-18-6-2-3-7-18)9-17-21(19,20)14-8-12(16)4-5-13(14)15/h4-5,8,11,17H,2-3,6-7,9-10,16H2,1H3. The minimum absolute atomic E-state index is 0.169. The number of hydrogen-bond acceptors (Lipinski definition) is 4. The molecule has 3 N–H and O–H groups in total. The Kier molecular flexibility index (Phi) is 5.18. The van der Waals surface area contributed by atoms with Gasteiger partial charge in [0.25, 0.3) is 0 Å². The average molecular weight is 315 g/mol. The number of nitrogens with two attached hydrogens (primary N) is 1. The van der Waals surface area contributed by atoms with E-state index in [1.54, 1.807) is 0 Å². The molecule has 0 bridgehead atoms. The monoisotopic (exact) mass is 315 g/mol. The van der Waals surface area contributed by atoms with Gasteiger partial charge in [-0.25, -0.2) is 17.5 Å². The highest BCUT2D eigenvalue weighted by molar-refractivity contribution is 7.89. The van der Waals surface area contributed by atoms with Gasteiger partial charge in [0.1, 0.15) is 10.7 Å². The van der Waals surface area contributed by atoms with Crippen LogP contribution in [0.25, 0.3) is 0 Å². The van der Waals surface area contributed by atoms with Gasteiger partial charge in [0.2, 0.25) is 10.0 Å². The van der Waals surface area contributed by atoms with E-state index in [0.29, 0.717) is 0 Å². The molecule has 1 fully saturated rings. The largest absolute Gasteiger partial charge is 0.399 e. The number of hydrogen-bond donors (Lipinski definition) is 2. The number of nitrogens with zero attached hydrogens (tertiary/aromatic N) is 1. The molecule has 1 heterocycles. The molecule has 1 unspecified atom stereocenters. The fourth-order valence-electron chi connectivity index (χ4n) is 2.53. The second-order valence-electron chi connectivity index (χ2n) is 5.65. The van der Waals surface area contributed by atoms with Crippen molar-refractivity contribution in [3.8, 4) is 0 Å². The highest BCUT2D eigenvalue weighted by Crippen LogP contribution is 2.18. The molecule has 118 valence electrons. The molecular formula is C14H22FN3O2S. The molecule has 1 aliphatic rings. The third-order valence-corrected chi connectivity index (χ3v) is 5.07. The van der Waals surface area contributed by atoms with Crippen LogP contribution in [0.4, 0.5) is 10.1 Å². The second kappa shape index (κ2) is 6.72. The fourth-order valence-corrected chi connectivity index (χ4v) is 3.80. The van der Waals surface area contributed by atoms with Crippen molar-refractivity contribution in [3.63, 3.8) is 0 Å². The van der Waals surface area contributed by atoms with Gasteiger partial charge in [-0.3, -0.25) is 0 Å². The summed E-state index contributed by atoms with van der Waals surface area (Å²) in [5.74, 6) is -0.620. The lowest BCUT2D eigenvalue weighted by atomic mass is 10.2. The van der Waals surface area contributed by atoms with Crippen LogP contribution in [0.2, 0.25) is 0 Å². The summed E-state index contributed by atoms with van der Waals surface area (Å²) in [7, 11) is -3.87. The van der Waals surface area contributed by atoms with Crippen LogP contribution in [0.3, 0.4) is 0 Å². The Morgan fingerprint density at radius 3 is 2.71 bits per heavy atom. The Morgan fingerprint density at radius 2 is 2.05 bits per heavy atom. The number of anilines is 1. The minimum atomic E-state index is -3.87. The Morgan fingerprint density at radius 1 is 1.38 bits per heavy atom. The van der Waals surface area contributed by atoms with Gasteiger partial charge in [-0.05, 0) is 50.0 Å². The number of sulfonamides is 1. The Hall–Kier alpha value is -1.18. The van der Waals surface area contributed by atoms with Crippen LogP contribution in [0.1, 0.15) is 19.8 Å². The van der Waals surface area contributed by atoms with Crippen LogP contribution >= 0.6 is 0 Å². The third-order valence-electron chi connectivity index (χ3n) is 3.64. The quantitative estimate of drug-likeness (QED) is 0.779. The molecule has 7 heteroatoms. The molecule has 21 heavy (non-hydrogen) atoms. The maximum Gasteiger partial charge on any atom is 0.243 e. The topological polar surface area (TPSA) is 75.4 Å². The van der Waals surface area contributed by atoms with Crippen molar-refractivity contribution in [2.24, 2.45) is 5.92 Å². The van der Waals surface area contributed by atoms with Crippen molar-refractivity contribution in [3.05, 3.63) is 24.0 Å². The molecule has 0 saturated carbocycles. The first-order valence-corrected chi connectivity index (χ1v) is 8.64. The molecule has 1 aliphatic heterocycles. The van der Waals surface area contributed by atoms with Crippen molar-refractivity contribution < 1.29 is 12.8 Å². The summed E-state index contributed by atoms with van der Waals surface area (Å²) in [5.41, 5.74) is 5.75. The van der Waals surface area contributed by atoms with Crippen LogP contribution in [0, 0.1) is 11.7 Å². The fraction of sp³-hybridized carbons (Fsp3) is 0.571. The van der Waals surface area contributed by atoms with Gasteiger partial charge in [0.15, 0.2) is 0 Å². The van der Waals surface area contributed by atoms with E-state index < -0.39 is 20.7 Å². The number of benzene rings is 1. The van der Waals surface area contributed by atoms with Crippen molar-refractivity contribution in [2.75, 3.05) is 31.9 Å². The van der Waals surface area contributed by atoms with Gasteiger partial charge in [-0.2, -0.15) is 0 Å². The molecule has 1 saturated heterocycles. The molecule has 0 aliphatic carbocycles. The van der Waals surface area contributed by atoms with Crippen LogP contribution < -0.4 is 10.5 Å².